The van der Waals surface area contributed by atoms with E-state index >= 15 is 0 Å². The first kappa shape index (κ1) is 42.1. The Bertz CT molecular complexity index is 2730. The molecule has 5 N–H and O–H groups in total. The van der Waals surface area contributed by atoms with Gasteiger partial charge in [0.2, 0.25) is 0 Å². The van der Waals surface area contributed by atoms with Gasteiger partial charge in [0.05, 0.1) is 39.0 Å². The number of hydrogen-bond donors (Lipinski definition) is 3. The van der Waals surface area contributed by atoms with Gasteiger partial charge in [-0.15, -0.1) is 0 Å². The Morgan fingerprint density at radius 1 is 0.873 bits per heavy atom. The molecule has 2 atom stereocenters. The molecule has 63 heavy (non-hydrogen) atoms. The zero-order valence-corrected chi connectivity index (χ0v) is 35.9. The van der Waals surface area contributed by atoms with Crippen LogP contribution >= 0.6 is 22.7 Å². The number of alkyl halides is 3. The van der Waals surface area contributed by atoms with Crippen molar-refractivity contribution in [3.8, 4) is 45.1 Å². The van der Waals surface area contributed by atoms with Crippen LogP contribution < -0.4 is 26.6 Å². The van der Waals surface area contributed by atoms with Crippen molar-refractivity contribution < 1.29 is 13.2 Å². The summed E-state index contributed by atoms with van der Waals surface area (Å²) in [5, 5.41) is 20.2. The summed E-state index contributed by atoms with van der Waals surface area (Å²) >= 11 is 3.05. The first-order valence-corrected chi connectivity index (χ1v) is 22.6. The lowest BCUT2D eigenvalue weighted by molar-refractivity contribution is -0.118. The molecule has 7 heterocycles. The van der Waals surface area contributed by atoms with Crippen molar-refractivity contribution in [3.05, 3.63) is 94.0 Å². The summed E-state index contributed by atoms with van der Waals surface area (Å²) in [5.41, 5.74) is 18.5. The fourth-order valence-electron chi connectivity index (χ4n) is 8.39. The third kappa shape index (κ3) is 9.45. The Kier molecular flexibility index (Phi) is 12.2. The highest BCUT2D eigenvalue weighted by molar-refractivity contribution is 7.19. The van der Waals surface area contributed by atoms with Crippen molar-refractivity contribution >= 4 is 55.8 Å². The first-order valence-electron chi connectivity index (χ1n) is 20.9. The lowest BCUT2D eigenvalue weighted by atomic mass is 9.92. The molecule has 0 amide bonds. The number of piperidine rings is 1. The van der Waals surface area contributed by atoms with Crippen molar-refractivity contribution in [2.24, 2.45) is 28.3 Å². The number of aliphatic imine (C=N–C) groups is 1. The lowest BCUT2D eigenvalue weighted by Crippen LogP contribution is -2.39. The number of pyridine rings is 1. The standard InChI is InChI=1S/C45H44F3N13S2/c46-45(47,48)26-53-23-36(19-50)41-39(58-44(63-41)60-15-11-37(51)12-16-60)31-7-3-29(4-8-31)20-54-27-61-42-35(25-56-61)17-34(24-55-42)40-38(30-5-1-28(18-49)2-6-30)57-43(62-40)59-13-9-32-21-52-22-33(32)10-14-59/h1-8,17,19,23-25,32-33,37,50,52H,9-16,21-22,26-27,51H2/p+1/t32-,33+. The van der Waals surface area contributed by atoms with Crippen molar-refractivity contribution in [2.45, 2.75) is 44.6 Å². The van der Waals surface area contributed by atoms with Gasteiger partial charge in [-0.25, -0.2) is 15.0 Å². The number of nitrogens with two attached hydrogens (primary N) is 2. The summed E-state index contributed by atoms with van der Waals surface area (Å²) in [6.07, 6.45) is 5.57. The Morgan fingerprint density at radius 3 is 2.17 bits per heavy atom. The summed E-state index contributed by atoms with van der Waals surface area (Å²) in [6, 6.07) is 22.6. The van der Waals surface area contributed by atoms with Crippen LogP contribution in [0.2, 0.25) is 0 Å². The predicted octanol–water partition coefficient (Wildman–Crippen LogP) is 7.85. The number of aromatic nitrogens is 5. The van der Waals surface area contributed by atoms with E-state index in [-0.39, 0.29) is 12.7 Å². The number of hydrogen-bond acceptors (Lipinski definition) is 13. The van der Waals surface area contributed by atoms with Gasteiger partial charge in [0.1, 0.15) is 12.1 Å². The van der Waals surface area contributed by atoms with Gasteiger partial charge in [-0.05, 0) is 80.9 Å². The first-order chi connectivity index (χ1) is 30.6. The smallest absolute Gasteiger partial charge is 0.404 e. The predicted molar refractivity (Wildman–Crippen MR) is 245 cm³/mol. The number of allylic oxidation sites excluding steroid dienone is 1. The monoisotopic (exact) mass is 888 g/mol. The highest BCUT2D eigenvalue weighted by Gasteiger charge is 2.32. The number of thiazole rings is 2. The van der Waals surface area contributed by atoms with Gasteiger partial charge >= 0.3 is 18.9 Å². The zero-order chi connectivity index (χ0) is 43.5. The summed E-state index contributed by atoms with van der Waals surface area (Å²) in [6.45, 7) is 4.46. The van der Waals surface area contributed by atoms with Crippen LogP contribution in [0.1, 0.15) is 41.7 Å². The number of benzene rings is 2. The third-order valence-electron chi connectivity index (χ3n) is 11.9. The van der Waals surface area contributed by atoms with Crippen LogP contribution in [0, 0.1) is 29.2 Å². The second-order valence-corrected chi connectivity index (χ2v) is 18.0. The van der Waals surface area contributed by atoms with Crippen molar-refractivity contribution in [3.63, 3.8) is 0 Å². The van der Waals surface area contributed by atoms with Crippen LogP contribution in [0.5, 0.6) is 0 Å². The molecular weight excluding hydrogens is 844 g/mol. The van der Waals surface area contributed by atoms with E-state index in [1.807, 2.05) is 54.7 Å². The van der Waals surface area contributed by atoms with Gasteiger partial charge in [-0.1, -0.05) is 51.8 Å². The van der Waals surface area contributed by atoms with E-state index < -0.39 is 12.7 Å². The fourth-order valence-corrected chi connectivity index (χ4v) is 10.6. The SMILES string of the molecule is N#Cc1ccc(-c2nc(N3CC[C@@H]4CNC[C@@H]4CC3)sc2-c2cnc3c(cnn3C[N+]#Cc3ccc(-c4nc(N5CCC(N)CC5)sc4C(C=NCC(F)(F)F)=CN)cc3)c2)cc1. The van der Waals surface area contributed by atoms with Gasteiger partial charge in [0, 0.05) is 78.5 Å². The van der Waals surface area contributed by atoms with E-state index in [0.717, 1.165) is 120 Å². The normalized spacial score (nSPS) is 18.7. The summed E-state index contributed by atoms with van der Waals surface area (Å²) in [5.74, 6) is 1.42. The number of nitrogens with one attached hydrogen (secondary N) is 1. The molecule has 0 spiro atoms. The molecule has 3 aliphatic heterocycles. The molecule has 4 aromatic heterocycles. The van der Waals surface area contributed by atoms with Crippen LogP contribution in [0.15, 0.2) is 78.2 Å². The molecule has 0 unspecified atom stereocenters. The number of nitriles is 1. The maximum atomic E-state index is 12.9. The Labute approximate surface area is 370 Å². The molecule has 0 radical (unpaired) electrons. The highest BCUT2D eigenvalue weighted by Crippen LogP contribution is 2.43. The topological polar surface area (TPSA) is 168 Å². The molecule has 3 fully saturated rings. The van der Waals surface area contributed by atoms with Crippen molar-refractivity contribution in [1.82, 2.24) is 30.0 Å². The average Bonchev–Trinajstić information content (AvgIpc) is 4.11. The van der Waals surface area contributed by atoms with Crippen LogP contribution in [0.4, 0.5) is 23.4 Å². The van der Waals surface area contributed by atoms with E-state index in [4.69, 9.17) is 26.4 Å². The van der Waals surface area contributed by atoms with Gasteiger partial charge in [0.25, 0.3) is 0 Å². The molecule has 9 rings (SSSR count). The number of fused-ring (bicyclic) bond motifs is 2. The van der Waals surface area contributed by atoms with Crippen molar-refractivity contribution in [1.29, 1.82) is 5.26 Å². The molecule has 0 bridgehead atoms. The van der Waals surface area contributed by atoms with E-state index in [1.54, 1.807) is 22.2 Å². The molecule has 2 aromatic carbocycles. The molecule has 322 valence electrons. The molecule has 18 heteroatoms. The summed E-state index contributed by atoms with van der Waals surface area (Å²) < 4.78 is 40.5. The largest absolute Gasteiger partial charge is 0.407 e. The van der Waals surface area contributed by atoms with E-state index in [0.29, 0.717) is 39.2 Å². The van der Waals surface area contributed by atoms with E-state index in [2.05, 4.69) is 48.3 Å². The average molecular weight is 889 g/mol. The molecule has 3 aliphatic rings. The second kappa shape index (κ2) is 18.3. The second-order valence-electron chi connectivity index (χ2n) is 16.1. The minimum Gasteiger partial charge on any atom is -0.404 e. The maximum absolute atomic E-state index is 12.9. The molecular formula is C45H45F3N13S2+. The number of rotatable bonds is 9. The number of halogens is 3. The van der Waals surface area contributed by atoms with Crippen LogP contribution in [-0.2, 0) is 6.67 Å². The fraction of sp³-hybridized carbons (Fsp3) is 0.356. The van der Waals surface area contributed by atoms with Crippen molar-refractivity contribution in [2.75, 3.05) is 55.6 Å². The molecule has 0 aliphatic carbocycles. The Balaban J connectivity index is 0.939. The van der Waals surface area contributed by atoms with E-state index in [1.165, 1.54) is 17.5 Å². The number of nitrogens with zero attached hydrogens (tertiary/aromatic N) is 10. The number of anilines is 2. The van der Waals surface area contributed by atoms with E-state index in [9.17, 15) is 18.4 Å². The van der Waals surface area contributed by atoms with Gasteiger partial charge < -0.3 is 26.6 Å². The zero-order valence-electron chi connectivity index (χ0n) is 34.3. The maximum Gasteiger partial charge on any atom is 0.407 e. The quantitative estimate of drug-likeness (QED) is 0.122. The summed E-state index contributed by atoms with van der Waals surface area (Å²) in [7, 11) is 0. The van der Waals surface area contributed by atoms with Crippen LogP contribution in [0.25, 0.3) is 54.4 Å². The van der Waals surface area contributed by atoms with Gasteiger partial charge in [-0.3, -0.25) is 4.99 Å². The Morgan fingerprint density at radius 2 is 1.51 bits per heavy atom. The Hall–Kier alpha value is -6.18. The third-order valence-corrected chi connectivity index (χ3v) is 14.2. The molecule has 3 saturated heterocycles. The molecule has 0 saturated carbocycles. The van der Waals surface area contributed by atoms with Gasteiger partial charge in [0.15, 0.2) is 15.9 Å². The lowest BCUT2D eigenvalue weighted by Gasteiger charge is -2.29. The molecule has 13 nitrogen and oxygen atoms in total. The minimum absolute atomic E-state index is 0.126. The summed E-state index contributed by atoms with van der Waals surface area (Å²) in [4.78, 5) is 29.4. The van der Waals surface area contributed by atoms with Crippen LogP contribution in [-0.4, -0.2) is 89.0 Å². The van der Waals surface area contributed by atoms with Crippen LogP contribution in [0.3, 0.4) is 0 Å². The van der Waals surface area contributed by atoms with Gasteiger partial charge in [-0.2, -0.15) is 28.2 Å². The minimum atomic E-state index is -4.43. The molecule has 6 aromatic rings. The highest BCUT2D eigenvalue weighted by atomic mass is 32.1.